The van der Waals surface area contributed by atoms with Gasteiger partial charge in [-0.3, -0.25) is 0 Å². The van der Waals surface area contributed by atoms with E-state index in [0.29, 0.717) is 11.7 Å². The summed E-state index contributed by atoms with van der Waals surface area (Å²) in [6.07, 6.45) is 1.46. The van der Waals surface area contributed by atoms with Crippen LogP contribution in [0.25, 0.3) is 0 Å². The fourth-order valence-electron chi connectivity index (χ4n) is 0.675. The average molecular weight is 266 g/mol. The van der Waals surface area contributed by atoms with Crippen molar-refractivity contribution in [2.24, 2.45) is 0 Å². The molecule has 14 heavy (non-hydrogen) atoms. The van der Waals surface area contributed by atoms with Crippen molar-refractivity contribution < 1.29 is 42.5 Å². The Hall–Kier alpha value is 1.61. The van der Waals surface area contributed by atoms with E-state index in [9.17, 15) is 13.0 Å². The summed E-state index contributed by atoms with van der Waals surface area (Å²) in [6, 6.07) is 0. The zero-order chi connectivity index (χ0) is 10.3. The van der Waals surface area contributed by atoms with Gasteiger partial charge in [-0.15, -0.1) is 0 Å². The minimum absolute atomic E-state index is 0. The topological polar surface area (TPSA) is 57.2 Å². The van der Waals surface area contributed by atoms with Crippen molar-refractivity contribution in [1.29, 1.82) is 0 Å². The zero-order valence-corrected chi connectivity index (χ0v) is 13.1. The molecule has 0 radical (unpaired) electrons. The molecule has 7 heteroatoms. The van der Waals surface area contributed by atoms with E-state index < -0.39 is 10.1 Å². The van der Waals surface area contributed by atoms with E-state index in [-0.39, 0.29) is 35.3 Å². The first-order chi connectivity index (χ1) is 5.95. The van der Waals surface area contributed by atoms with Gasteiger partial charge in [0.1, 0.15) is 0 Å². The van der Waals surface area contributed by atoms with Crippen LogP contribution in [0.1, 0.15) is 19.8 Å². The first-order valence-corrected chi connectivity index (χ1v) is 7.40. The fourth-order valence-corrected chi connectivity index (χ4v) is 2.69. The molecule has 0 amide bonds. The van der Waals surface area contributed by atoms with Gasteiger partial charge in [-0.05, 0) is 18.6 Å². The molecule has 0 N–H and O–H groups in total. The molecule has 0 aliphatic carbocycles. The van der Waals surface area contributed by atoms with Gasteiger partial charge in [0, 0.05) is 16.8 Å². The summed E-state index contributed by atoms with van der Waals surface area (Å²) in [5, 5.41) is 0.369. The normalized spacial score (nSPS) is 13.4. The number of thioether (sulfide) groups is 1. The van der Waals surface area contributed by atoms with Crippen LogP contribution in [0, 0.1) is 0 Å². The summed E-state index contributed by atoms with van der Waals surface area (Å²) in [7, 11) is -4.01. The first kappa shape index (κ1) is 18.0. The van der Waals surface area contributed by atoms with Crippen LogP contribution in [-0.2, 0) is 10.1 Å². The van der Waals surface area contributed by atoms with Crippen molar-refractivity contribution in [2.45, 2.75) is 25.0 Å². The summed E-state index contributed by atoms with van der Waals surface area (Å²) in [4.78, 5) is 0. The third-order valence-electron chi connectivity index (χ3n) is 1.46. The van der Waals surface area contributed by atoms with Gasteiger partial charge in [0.05, 0.1) is 10.1 Å². The van der Waals surface area contributed by atoms with Gasteiger partial charge < -0.3 is 4.55 Å². The summed E-state index contributed by atoms with van der Waals surface area (Å²) in [5.74, 6) is 1.39. The maximum Gasteiger partial charge on any atom is 1.00 e. The molecular formula is C7H15NaO3S3. The Balaban J connectivity index is 0. The smallest absolute Gasteiger partial charge is 0.748 e. The third-order valence-corrected chi connectivity index (χ3v) is 4.26. The molecule has 0 spiro atoms. The Morgan fingerprint density at radius 1 is 1.50 bits per heavy atom. The van der Waals surface area contributed by atoms with E-state index >= 15 is 0 Å². The second-order valence-electron chi connectivity index (χ2n) is 2.75. The standard InChI is InChI=1S/C7H16O3S3.Na/c1-2-7(11)6-12-4-3-5-13(8,9)10;/h7,11H,2-6H2,1H3,(H,8,9,10);/q;+1/p-1. The quantitative estimate of drug-likeness (QED) is 0.260. The first-order valence-electron chi connectivity index (χ1n) is 4.15. The average Bonchev–Trinajstić information content (AvgIpc) is 2.01. The van der Waals surface area contributed by atoms with Crippen LogP contribution in [0.4, 0.5) is 0 Å². The van der Waals surface area contributed by atoms with Crippen molar-refractivity contribution in [3.63, 3.8) is 0 Å². The maximum atomic E-state index is 10.2. The van der Waals surface area contributed by atoms with Crippen molar-refractivity contribution in [1.82, 2.24) is 0 Å². The van der Waals surface area contributed by atoms with Gasteiger partial charge in [-0.2, -0.15) is 24.4 Å². The predicted molar refractivity (Wildman–Crippen MR) is 59.6 cm³/mol. The minimum Gasteiger partial charge on any atom is -0.748 e. The SMILES string of the molecule is CCC(S)CSCCCS(=O)(=O)[O-].[Na+]. The number of rotatable bonds is 7. The van der Waals surface area contributed by atoms with Crippen LogP contribution in [0.5, 0.6) is 0 Å². The van der Waals surface area contributed by atoms with Crippen molar-refractivity contribution in [3.8, 4) is 0 Å². The molecule has 0 rings (SSSR count). The molecule has 0 bridgehead atoms. The van der Waals surface area contributed by atoms with Gasteiger partial charge in [0.25, 0.3) is 0 Å². The number of hydrogen-bond donors (Lipinski definition) is 1. The Kier molecular flexibility index (Phi) is 12.6. The molecule has 0 aromatic rings. The summed E-state index contributed by atoms with van der Waals surface area (Å²) in [6.45, 7) is 2.06. The molecular weight excluding hydrogens is 251 g/mol. The summed E-state index contributed by atoms with van der Waals surface area (Å²) < 4.78 is 30.6. The second kappa shape index (κ2) is 9.81. The van der Waals surface area contributed by atoms with Gasteiger partial charge in [0.2, 0.25) is 0 Å². The van der Waals surface area contributed by atoms with Gasteiger partial charge in [0.15, 0.2) is 0 Å². The molecule has 80 valence electrons. The number of thiol groups is 1. The van der Waals surface area contributed by atoms with Gasteiger partial charge in [-0.1, -0.05) is 6.92 Å². The molecule has 1 unspecified atom stereocenters. The Morgan fingerprint density at radius 3 is 2.50 bits per heavy atom. The van der Waals surface area contributed by atoms with Crippen LogP contribution in [-0.4, -0.2) is 35.5 Å². The molecule has 0 aromatic carbocycles. The van der Waals surface area contributed by atoms with Crippen LogP contribution >= 0.6 is 24.4 Å². The van der Waals surface area contributed by atoms with Crippen LogP contribution in [0.2, 0.25) is 0 Å². The van der Waals surface area contributed by atoms with E-state index in [4.69, 9.17) is 0 Å². The van der Waals surface area contributed by atoms with Crippen molar-refractivity contribution in [2.75, 3.05) is 17.3 Å². The molecule has 0 saturated carbocycles. The summed E-state index contributed by atoms with van der Waals surface area (Å²) in [5.41, 5.74) is 0. The molecule has 1 atom stereocenters. The second-order valence-corrected chi connectivity index (χ2v) is 6.16. The third kappa shape index (κ3) is 13.6. The maximum absolute atomic E-state index is 10.2. The van der Waals surface area contributed by atoms with E-state index in [0.717, 1.165) is 17.9 Å². The van der Waals surface area contributed by atoms with Crippen LogP contribution < -0.4 is 29.6 Å². The van der Waals surface area contributed by atoms with E-state index in [1.807, 2.05) is 0 Å². The number of hydrogen-bond acceptors (Lipinski definition) is 5. The summed E-state index contributed by atoms with van der Waals surface area (Å²) >= 11 is 5.94. The van der Waals surface area contributed by atoms with E-state index in [1.54, 1.807) is 11.8 Å². The van der Waals surface area contributed by atoms with Gasteiger partial charge >= 0.3 is 29.6 Å². The molecule has 0 heterocycles. The predicted octanol–water partition coefficient (Wildman–Crippen LogP) is -1.63. The van der Waals surface area contributed by atoms with Crippen LogP contribution in [0.15, 0.2) is 0 Å². The molecule has 3 nitrogen and oxygen atoms in total. The Labute approximate surface area is 118 Å². The van der Waals surface area contributed by atoms with Crippen LogP contribution in [0.3, 0.4) is 0 Å². The Bertz CT molecular complexity index is 218. The van der Waals surface area contributed by atoms with E-state index in [1.165, 1.54) is 0 Å². The fraction of sp³-hybridized carbons (Fsp3) is 1.00. The molecule has 0 aliphatic heterocycles. The van der Waals surface area contributed by atoms with E-state index in [2.05, 4.69) is 19.6 Å². The molecule has 0 saturated heterocycles. The van der Waals surface area contributed by atoms with Crippen molar-refractivity contribution in [3.05, 3.63) is 0 Å². The zero-order valence-electron chi connectivity index (χ0n) is 8.60. The minimum atomic E-state index is -4.01. The van der Waals surface area contributed by atoms with Crippen molar-refractivity contribution >= 4 is 34.5 Å². The largest absolute Gasteiger partial charge is 1.00 e. The molecule has 0 fully saturated rings. The monoisotopic (exact) mass is 266 g/mol. The van der Waals surface area contributed by atoms with Gasteiger partial charge in [-0.25, -0.2) is 8.42 Å². The Morgan fingerprint density at radius 2 is 2.07 bits per heavy atom. The molecule has 0 aliphatic rings. The molecule has 0 aromatic heterocycles.